The predicted molar refractivity (Wildman–Crippen MR) is 65.2 cm³/mol. The summed E-state index contributed by atoms with van der Waals surface area (Å²) in [5, 5.41) is 0. The molecule has 0 atom stereocenters. The van der Waals surface area contributed by atoms with Crippen molar-refractivity contribution in [3.05, 3.63) is 11.1 Å². The van der Waals surface area contributed by atoms with Crippen LogP contribution in [0, 0.1) is 0 Å². The summed E-state index contributed by atoms with van der Waals surface area (Å²) in [6.45, 7) is 12.6. The molecule has 0 amide bonds. The van der Waals surface area contributed by atoms with E-state index in [9.17, 15) is 0 Å². The zero-order chi connectivity index (χ0) is 13.7. The maximum atomic E-state index is 7.16. The first-order chi connectivity index (χ1) is 7.69. The summed E-state index contributed by atoms with van der Waals surface area (Å²) in [4.78, 5) is 0. The van der Waals surface area contributed by atoms with E-state index >= 15 is 0 Å². The van der Waals surface area contributed by atoms with E-state index in [-0.39, 0.29) is 14.0 Å². The van der Waals surface area contributed by atoms with Gasteiger partial charge in [0.25, 0.3) is 0 Å². The zero-order valence-electron chi connectivity index (χ0n) is 12.9. The van der Waals surface area contributed by atoms with Gasteiger partial charge in [-0.25, -0.2) is 0 Å². The summed E-state index contributed by atoms with van der Waals surface area (Å²) in [6.07, 6.45) is 0. The second-order valence-corrected chi connectivity index (χ2v) is 4.76. The first-order valence-corrected chi connectivity index (χ1v) is 5.24. The van der Waals surface area contributed by atoms with Crippen LogP contribution in [0.1, 0.15) is 51.2 Å². The van der Waals surface area contributed by atoms with Gasteiger partial charge in [-0.3, -0.25) is 0 Å². The number of rotatable bonds is 5. The van der Waals surface area contributed by atoms with E-state index in [1.807, 2.05) is 41.5 Å². The molecule has 0 unspecified atom stereocenters. The molecule has 0 radical (unpaired) electrons. The van der Waals surface area contributed by atoms with Crippen molar-refractivity contribution in [3.63, 3.8) is 0 Å². The monoisotopic (exact) mass is 216 g/mol. The van der Waals surface area contributed by atoms with Crippen molar-refractivity contribution in [3.8, 4) is 0 Å². The second-order valence-electron chi connectivity index (χ2n) is 4.76. The van der Waals surface area contributed by atoms with Gasteiger partial charge in [0.05, 0.1) is 12.6 Å². The topological polar surface area (TPSA) is 18.5 Å². The van der Waals surface area contributed by atoms with Gasteiger partial charge in [-0.05, 0) is 59.6 Å². The Morgan fingerprint density at radius 1 is 1.07 bits per heavy atom. The van der Waals surface area contributed by atoms with Crippen molar-refractivity contribution >= 4 is 0 Å². The second kappa shape index (κ2) is 5.13. The zero-order valence-corrected chi connectivity index (χ0v) is 10.9. The molecule has 15 heavy (non-hydrogen) atoms. The highest BCUT2D eigenvalue weighted by Crippen LogP contribution is 2.30. The van der Waals surface area contributed by atoms with E-state index in [0.717, 1.165) is 11.1 Å². The van der Waals surface area contributed by atoms with Crippen LogP contribution in [0.5, 0.6) is 0 Å². The number of methoxy groups -OCH3 is 1. The van der Waals surface area contributed by atoms with Crippen LogP contribution in [0.2, 0.25) is 0 Å². The Labute approximate surface area is 97.5 Å². The van der Waals surface area contributed by atoms with Crippen molar-refractivity contribution in [2.24, 2.45) is 0 Å². The maximum Gasteiger partial charge on any atom is 0.0836 e. The molecule has 0 spiro atoms. The number of hydrogen-bond acceptors (Lipinski definition) is 2. The molecule has 0 bridgehead atoms. The van der Waals surface area contributed by atoms with E-state index in [4.69, 9.17) is 12.2 Å². The predicted octanol–water partition coefficient (Wildman–Crippen LogP) is 3.56. The summed E-state index contributed by atoms with van der Waals surface area (Å²) >= 11 is 0. The summed E-state index contributed by atoms with van der Waals surface area (Å²) in [6, 6.07) is 0. The van der Waals surface area contributed by atoms with E-state index in [2.05, 4.69) is 0 Å². The van der Waals surface area contributed by atoms with Crippen LogP contribution in [-0.4, -0.2) is 24.9 Å². The first kappa shape index (κ1) is 11.2. The Balaban J connectivity index is 5.01. The summed E-state index contributed by atoms with van der Waals surface area (Å²) < 4.78 is 25.4. The lowest BCUT2D eigenvalue weighted by Crippen LogP contribution is -2.32. The SMILES string of the molecule is [2H]CCOC(C)(C)/C(C)=C(/C)C(C)(C)OC[2H]. The summed E-state index contributed by atoms with van der Waals surface area (Å²) in [5.41, 5.74) is 1.34. The largest absolute Gasteiger partial charge is 0.374 e. The summed E-state index contributed by atoms with van der Waals surface area (Å²) in [7, 11) is -0.0500. The molecule has 0 aliphatic rings. The smallest absolute Gasteiger partial charge is 0.0836 e. The third kappa shape index (κ3) is 3.62. The molecule has 0 fully saturated rings. The Hall–Kier alpha value is -0.340. The van der Waals surface area contributed by atoms with Crippen LogP contribution < -0.4 is 0 Å². The molecule has 0 heterocycles. The van der Waals surface area contributed by atoms with Gasteiger partial charge >= 0.3 is 0 Å². The minimum absolute atomic E-state index is 0.0500. The molecule has 0 aliphatic heterocycles. The Kier molecular flexibility index (Phi) is 3.81. The normalized spacial score (nSPS) is 16.9. The fraction of sp³-hybridized carbons (Fsp3) is 0.846. The third-order valence-corrected chi connectivity index (χ3v) is 3.19. The quantitative estimate of drug-likeness (QED) is 0.654. The molecule has 0 saturated carbocycles. The van der Waals surface area contributed by atoms with Crippen molar-refractivity contribution in [2.45, 2.75) is 59.6 Å². The molecule has 0 aliphatic carbocycles. The lowest BCUT2D eigenvalue weighted by molar-refractivity contribution is 0.0110. The van der Waals surface area contributed by atoms with Gasteiger partial charge in [-0.15, -0.1) is 0 Å². The molecule has 90 valence electrons. The van der Waals surface area contributed by atoms with Gasteiger partial charge in [-0.1, -0.05) is 0 Å². The molecule has 0 aromatic carbocycles. The lowest BCUT2D eigenvalue weighted by atomic mass is 9.87. The van der Waals surface area contributed by atoms with Crippen molar-refractivity contribution in [2.75, 3.05) is 13.7 Å². The third-order valence-electron chi connectivity index (χ3n) is 3.19. The molecule has 0 aromatic heterocycles. The summed E-state index contributed by atoms with van der Waals surface area (Å²) in [5.74, 6) is 0. The maximum absolute atomic E-state index is 7.16. The number of hydrogen-bond donors (Lipinski definition) is 0. The fourth-order valence-corrected chi connectivity index (χ4v) is 1.37. The molecule has 0 N–H and O–H groups in total. The highest BCUT2D eigenvalue weighted by molar-refractivity contribution is 5.25. The van der Waals surface area contributed by atoms with Crippen LogP contribution >= 0.6 is 0 Å². The fourth-order valence-electron chi connectivity index (χ4n) is 1.37. The highest BCUT2D eigenvalue weighted by atomic mass is 16.5. The average Bonchev–Trinajstić information content (AvgIpc) is 2.24. The molecular formula is C13H26O2. The minimum Gasteiger partial charge on any atom is -0.374 e. The molecule has 0 rings (SSSR count). The minimum atomic E-state index is -0.451. The number of ether oxygens (including phenoxy) is 2. The molecule has 2 nitrogen and oxygen atoms in total. The van der Waals surface area contributed by atoms with Gasteiger partial charge in [0.2, 0.25) is 0 Å². The van der Waals surface area contributed by atoms with Crippen LogP contribution in [-0.2, 0) is 9.47 Å². The molecule has 0 saturated heterocycles. The van der Waals surface area contributed by atoms with E-state index in [0.29, 0.717) is 6.61 Å². The lowest BCUT2D eigenvalue weighted by Gasteiger charge is -2.33. The Morgan fingerprint density at radius 3 is 2.07 bits per heavy atom. The van der Waals surface area contributed by atoms with Gasteiger partial charge in [0.1, 0.15) is 0 Å². The van der Waals surface area contributed by atoms with Gasteiger partial charge < -0.3 is 9.47 Å². The van der Waals surface area contributed by atoms with E-state index < -0.39 is 11.2 Å². The van der Waals surface area contributed by atoms with E-state index in [1.165, 1.54) is 0 Å². The highest BCUT2D eigenvalue weighted by Gasteiger charge is 2.28. The molecule has 0 aromatic rings. The molecular weight excluding hydrogens is 188 g/mol. The Bertz CT molecular complexity index is 271. The average molecular weight is 216 g/mol. The first-order valence-electron chi connectivity index (χ1n) is 6.65. The van der Waals surface area contributed by atoms with Crippen LogP contribution in [0.3, 0.4) is 0 Å². The van der Waals surface area contributed by atoms with Gasteiger partial charge in [-0.2, -0.15) is 0 Å². The Morgan fingerprint density at radius 2 is 1.60 bits per heavy atom. The van der Waals surface area contributed by atoms with Crippen molar-refractivity contribution < 1.29 is 12.2 Å². The van der Waals surface area contributed by atoms with Gasteiger partial charge in [0, 0.05) is 15.1 Å². The van der Waals surface area contributed by atoms with Crippen molar-refractivity contribution in [1.29, 1.82) is 0 Å². The van der Waals surface area contributed by atoms with Crippen LogP contribution in [0.25, 0.3) is 0 Å². The van der Waals surface area contributed by atoms with Crippen LogP contribution in [0.4, 0.5) is 0 Å². The van der Waals surface area contributed by atoms with Crippen molar-refractivity contribution in [1.82, 2.24) is 0 Å². The van der Waals surface area contributed by atoms with Gasteiger partial charge in [0.15, 0.2) is 0 Å². The van der Waals surface area contributed by atoms with E-state index in [1.54, 1.807) is 0 Å². The van der Waals surface area contributed by atoms with Crippen LogP contribution in [0.15, 0.2) is 11.1 Å². The molecule has 2 heteroatoms. The standard InChI is InChI=1S/C13H26O2/c1-9-15-13(6,7)11(3)10(2)12(4,5)14-8/h9H2,1-8H3/b11-10-/i1D,8D.